The van der Waals surface area contributed by atoms with Crippen molar-refractivity contribution in [3.8, 4) is 0 Å². The maximum absolute atomic E-state index is 13.1. The summed E-state index contributed by atoms with van der Waals surface area (Å²) in [7, 11) is 0. The van der Waals surface area contributed by atoms with Crippen LogP contribution in [0.1, 0.15) is 5.56 Å². The second-order valence-electron chi connectivity index (χ2n) is 3.22. The quantitative estimate of drug-likeness (QED) is 0.653. The molecule has 2 aromatic rings. The van der Waals surface area contributed by atoms with Gasteiger partial charge >= 0.3 is 12.1 Å². The summed E-state index contributed by atoms with van der Waals surface area (Å²) in [5, 5.41) is 0.813. The van der Waals surface area contributed by atoms with Crippen molar-refractivity contribution < 1.29 is 22.0 Å². The van der Waals surface area contributed by atoms with Crippen molar-refractivity contribution in [3.05, 3.63) is 35.2 Å². The second-order valence-corrected chi connectivity index (χ2v) is 4.13. The van der Waals surface area contributed by atoms with E-state index in [-0.39, 0.29) is 5.39 Å². The van der Waals surface area contributed by atoms with E-state index in [4.69, 9.17) is 0 Å². The van der Waals surface area contributed by atoms with Gasteiger partial charge in [0.25, 0.3) is 0 Å². The van der Waals surface area contributed by atoms with Gasteiger partial charge in [0.05, 0.1) is 0 Å². The Kier molecular flexibility index (Phi) is 2.41. The molecule has 0 unspecified atom stereocenters. The van der Waals surface area contributed by atoms with Crippen LogP contribution in [0.5, 0.6) is 0 Å². The van der Waals surface area contributed by atoms with Gasteiger partial charge in [-0.3, -0.25) is 0 Å². The lowest BCUT2D eigenvalue weighted by atomic mass is 10.1. The highest BCUT2D eigenvalue weighted by Crippen LogP contribution is 2.47. The average molecular weight is 252 g/mol. The minimum Gasteiger partial charge on any atom is -0.191 e. The third-order valence-corrected chi connectivity index (χ3v) is 3.14. The molecule has 0 atom stereocenters. The molecule has 0 fully saturated rings. The van der Waals surface area contributed by atoms with Gasteiger partial charge in [-0.2, -0.15) is 22.0 Å². The highest BCUT2D eigenvalue weighted by Gasteiger charge is 2.59. The fraction of sp³-hybridized carbons (Fsp3) is 0.200. The fourth-order valence-electron chi connectivity index (χ4n) is 1.37. The summed E-state index contributed by atoms with van der Waals surface area (Å²) in [5.74, 6) is -4.80. The molecule has 0 aliphatic rings. The molecule has 0 nitrogen and oxygen atoms in total. The van der Waals surface area contributed by atoms with Crippen LogP contribution in [-0.2, 0) is 5.92 Å². The molecule has 0 radical (unpaired) electrons. The zero-order valence-electron chi connectivity index (χ0n) is 7.68. The van der Waals surface area contributed by atoms with E-state index >= 15 is 0 Å². The lowest BCUT2D eigenvalue weighted by Crippen LogP contribution is -2.33. The highest BCUT2D eigenvalue weighted by atomic mass is 32.1. The second kappa shape index (κ2) is 3.41. The van der Waals surface area contributed by atoms with Crippen molar-refractivity contribution in [1.82, 2.24) is 0 Å². The van der Waals surface area contributed by atoms with Gasteiger partial charge in [-0.1, -0.05) is 18.2 Å². The number of thiophene rings is 1. The number of rotatable bonds is 1. The van der Waals surface area contributed by atoms with Gasteiger partial charge in [-0.05, 0) is 6.07 Å². The van der Waals surface area contributed by atoms with Gasteiger partial charge in [0.2, 0.25) is 0 Å². The smallest absolute Gasteiger partial charge is 0.191 e. The minimum atomic E-state index is -5.56. The van der Waals surface area contributed by atoms with Crippen LogP contribution in [0.4, 0.5) is 22.0 Å². The summed E-state index contributed by atoms with van der Waals surface area (Å²) < 4.78 is 63.2. The van der Waals surface area contributed by atoms with E-state index in [1.165, 1.54) is 18.2 Å². The first kappa shape index (κ1) is 11.3. The Balaban J connectivity index is 2.64. The maximum atomic E-state index is 13.1. The van der Waals surface area contributed by atoms with Crippen LogP contribution in [0.2, 0.25) is 0 Å². The van der Waals surface area contributed by atoms with Crippen LogP contribution in [0, 0.1) is 0 Å². The molecular formula is C10H5F5S. The van der Waals surface area contributed by atoms with Crippen molar-refractivity contribution in [2.24, 2.45) is 0 Å². The molecule has 0 bridgehead atoms. The molecule has 0 aliphatic carbocycles. The molecule has 1 aromatic heterocycles. The summed E-state index contributed by atoms with van der Waals surface area (Å²) in [4.78, 5) is 0. The lowest BCUT2D eigenvalue weighted by molar-refractivity contribution is -0.288. The SMILES string of the molecule is FC(F)(F)C(F)(F)c1csc2ccccc12. The largest absolute Gasteiger partial charge is 0.458 e. The third kappa shape index (κ3) is 1.57. The van der Waals surface area contributed by atoms with E-state index in [9.17, 15) is 22.0 Å². The Morgan fingerprint density at radius 2 is 1.56 bits per heavy atom. The molecule has 6 heteroatoms. The normalized spacial score (nSPS) is 13.3. The van der Waals surface area contributed by atoms with E-state index in [1.807, 2.05) is 0 Å². The van der Waals surface area contributed by atoms with Crippen molar-refractivity contribution >= 4 is 21.4 Å². The molecule has 1 aromatic carbocycles. The van der Waals surface area contributed by atoms with Crippen LogP contribution >= 0.6 is 11.3 Å². The number of hydrogen-bond acceptors (Lipinski definition) is 1. The van der Waals surface area contributed by atoms with Crippen molar-refractivity contribution in [2.45, 2.75) is 12.1 Å². The van der Waals surface area contributed by atoms with E-state index in [0.29, 0.717) is 4.70 Å². The summed E-state index contributed by atoms with van der Waals surface area (Å²) in [6.07, 6.45) is -5.56. The van der Waals surface area contributed by atoms with Crippen LogP contribution in [0.3, 0.4) is 0 Å². The van der Waals surface area contributed by atoms with Crippen molar-refractivity contribution in [3.63, 3.8) is 0 Å². The predicted molar refractivity (Wildman–Crippen MR) is 51.8 cm³/mol. The molecule has 0 N–H and O–H groups in total. The van der Waals surface area contributed by atoms with E-state index in [0.717, 1.165) is 16.7 Å². The summed E-state index contributed by atoms with van der Waals surface area (Å²) in [5.41, 5.74) is -0.972. The third-order valence-electron chi connectivity index (χ3n) is 2.18. The van der Waals surface area contributed by atoms with Crippen LogP contribution < -0.4 is 0 Å². The van der Waals surface area contributed by atoms with Crippen molar-refractivity contribution in [2.75, 3.05) is 0 Å². The molecule has 16 heavy (non-hydrogen) atoms. The Morgan fingerprint density at radius 1 is 0.938 bits per heavy atom. The zero-order valence-corrected chi connectivity index (χ0v) is 8.50. The van der Waals surface area contributed by atoms with Crippen molar-refractivity contribution in [1.29, 1.82) is 0 Å². The molecule has 0 saturated heterocycles. The zero-order chi connectivity index (χ0) is 12.0. The standard InChI is InChI=1S/C10H5F5S/c11-9(12,10(13,14)15)7-5-16-8-4-2-1-3-6(7)8/h1-5H. The highest BCUT2D eigenvalue weighted by molar-refractivity contribution is 7.17. The summed E-state index contributed by atoms with van der Waals surface area (Å²) >= 11 is 0.877. The van der Waals surface area contributed by atoms with Crippen LogP contribution in [0.15, 0.2) is 29.6 Å². The van der Waals surface area contributed by atoms with Crippen LogP contribution in [-0.4, -0.2) is 6.18 Å². The predicted octanol–water partition coefficient (Wildman–Crippen LogP) is 4.56. The summed E-state index contributed by atoms with van der Waals surface area (Å²) in [6, 6.07) is 5.80. The number of hydrogen-bond donors (Lipinski definition) is 0. The topological polar surface area (TPSA) is 0 Å². The Hall–Kier alpha value is -1.17. The van der Waals surface area contributed by atoms with Gasteiger partial charge in [0.1, 0.15) is 0 Å². The molecule has 2 rings (SSSR count). The van der Waals surface area contributed by atoms with Gasteiger partial charge in [0, 0.05) is 21.0 Å². The van der Waals surface area contributed by atoms with Crippen LogP contribution in [0.25, 0.3) is 10.1 Å². The van der Waals surface area contributed by atoms with E-state index in [1.54, 1.807) is 6.07 Å². The molecule has 86 valence electrons. The first-order chi connectivity index (χ1) is 7.34. The molecule has 0 aliphatic heterocycles. The number of fused-ring (bicyclic) bond motifs is 1. The Bertz CT molecular complexity index is 511. The van der Waals surface area contributed by atoms with E-state index in [2.05, 4.69) is 0 Å². The average Bonchev–Trinajstić information content (AvgIpc) is 2.59. The molecular weight excluding hydrogens is 247 g/mol. The maximum Gasteiger partial charge on any atom is 0.458 e. The summed E-state index contributed by atoms with van der Waals surface area (Å²) in [6.45, 7) is 0. The first-order valence-electron chi connectivity index (χ1n) is 4.25. The van der Waals surface area contributed by atoms with Gasteiger partial charge in [-0.15, -0.1) is 11.3 Å². The minimum absolute atomic E-state index is 0.0465. The Morgan fingerprint density at radius 3 is 2.19 bits per heavy atom. The molecule has 0 saturated carbocycles. The number of alkyl halides is 5. The number of halogens is 5. The van der Waals surface area contributed by atoms with E-state index < -0.39 is 17.7 Å². The number of benzene rings is 1. The van der Waals surface area contributed by atoms with Gasteiger partial charge in [0.15, 0.2) is 0 Å². The van der Waals surface area contributed by atoms with Gasteiger partial charge < -0.3 is 0 Å². The fourth-order valence-corrected chi connectivity index (χ4v) is 2.36. The molecule has 0 amide bonds. The molecule has 0 spiro atoms. The molecule has 1 heterocycles. The van der Waals surface area contributed by atoms with Gasteiger partial charge in [-0.25, -0.2) is 0 Å². The Labute approximate surface area is 91.3 Å². The lowest BCUT2D eigenvalue weighted by Gasteiger charge is -2.18. The first-order valence-corrected chi connectivity index (χ1v) is 5.13. The monoisotopic (exact) mass is 252 g/mol.